The van der Waals surface area contributed by atoms with Crippen LogP contribution in [0.1, 0.15) is 5.69 Å². The summed E-state index contributed by atoms with van der Waals surface area (Å²) in [5.41, 5.74) is 0.395. The maximum atomic E-state index is 11.2. The number of rotatable bonds is 2. The Morgan fingerprint density at radius 1 is 1.33 bits per heavy atom. The molecule has 0 spiro atoms. The molecule has 1 rings (SSSR count). The van der Waals surface area contributed by atoms with E-state index in [1.165, 1.54) is 19.4 Å². The highest BCUT2D eigenvalue weighted by Gasteiger charge is 2.15. The molecule has 1 aromatic rings. The molecule has 0 aromatic carbocycles. The first kappa shape index (κ1) is 9.08. The summed E-state index contributed by atoms with van der Waals surface area (Å²) in [6.45, 7) is 1.59. The lowest BCUT2D eigenvalue weighted by Crippen LogP contribution is -2.21. The smallest absolute Gasteiger partial charge is 0.257 e. The van der Waals surface area contributed by atoms with E-state index in [1.807, 2.05) is 0 Å². The van der Waals surface area contributed by atoms with Crippen molar-refractivity contribution in [1.29, 1.82) is 0 Å². The molecule has 1 N–H and O–H groups in total. The summed E-state index contributed by atoms with van der Waals surface area (Å²) < 4.78 is 24.6. The first-order chi connectivity index (χ1) is 5.58. The van der Waals surface area contributed by atoms with Crippen molar-refractivity contribution in [2.75, 3.05) is 7.05 Å². The predicted octanol–water partition coefficient (Wildman–Crippen LogP) is -0.307. The van der Waals surface area contributed by atoms with Gasteiger partial charge in [-0.3, -0.25) is 4.98 Å². The van der Waals surface area contributed by atoms with Crippen molar-refractivity contribution >= 4 is 10.0 Å². The van der Waals surface area contributed by atoms with Crippen LogP contribution in [0.5, 0.6) is 0 Å². The van der Waals surface area contributed by atoms with E-state index in [2.05, 4.69) is 14.7 Å². The van der Waals surface area contributed by atoms with E-state index in [-0.39, 0.29) is 5.03 Å². The Bertz CT molecular complexity index is 374. The highest BCUT2D eigenvalue weighted by molar-refractivity contribution is 7.89. The zero-order chi connectivity index (χ0) is 9.19. The van der Waals surface area contributed by atoms with Crippen LogP contribution < -0.4 is 4.72 Å². The van der Waals surface area contributed by atoms with Crippen molar-refractivity contribution in [1.82, 2.24) is 14.7 Å². The van der Waals surface area contributed by atoms with Crippen LogP contribution in [0.15, 0.2) is 17.4 Å². The van der Waals surface area contributed by atoms with E-state index in [1.54, 1.807) is 6.92 Å². The van der Waals surface area contributed by atoms with E-state index in [0.717, 1.165) is 0 Å². The number of hydrogen-bond acceptors (Lipinski definition) is 4. The van der Waals surface area contributed by atoms with Gasteiger partial charge in [-0.15, -0.1) is 0 Å². The molecule has 0 radical (unpaired) electrons. The van der Waals surface area contributed by atoms with Gasteiger partial charge in [-0.1, -0.05) is 0 Å². The van der Waals surface area contributed by atoms with Gasteiger partial charge >= 0.3 is 0 Å². The molecular weight excluding hydrogens is 178 g/mol. The largest absolute Gasteiger partial charge is 0.259 e. The fourth-order valence-electron chi connectivity index (χ4n) is 0.755. The summed E-state index contributed by atoms with van der Waals surface area (Å²) >= 11 is 0. The molecule has 0 bridgehead atoms. The minimum absolute atomic E-state index is 0.0208. The topological polar surface area (TPSA) is 72.0 Å². The number of aryl methyl sites for hydroxylation is 1. The highest BCUT2D eigenvalue weighted by Crippen LogP contribution is 2.06. The quantitative estimate of drug-likeness (QED) is 0.689. The maximum absolute atomic E-state index is 11.2. The molecule has 1 aromatic heterocycles. The standard InChI is InChI=1S/C6H9N3O2S/c1-5-6(9-4-3-8-5)12(10,11)7-2/h3-4,7H,1-2H3. The highest BCUT2D eigenvalue weighted by atomic mass is 32.2. The van der Waals surface area contributed by atoms with Gasteiger partial charge < -0.3 is 0 Å². The van der Waals surface area contributed by atoms with Crippen molar-refractivity contribution in [3.05, 3.63) is 18.1 Å². The van der Waals surface area contributed by atoms with Crippen LogP contribution in [0.4, 0.5) is 0 Å². The summed E-state index contributed by atoms with van der Waals surface area (Å²) in [6.07, 6.45) is 2.79. The molecule has 1 heterocycles. The lowest BCUT2D eigenvalue weighted by atomic mass is 10.5. The van der Waals surface area contributed by atoms with E-state index in [4.69, 9.17) is 0 Å². The molecule has 0 fully saturated rings. The molecule has 6 heteroatoms. The van der Waals surface area contributed by atoms with Gasteiger partial charge in [0, 0.05) is 12.4 Å². The van der Waals surface area contributed by atoms with Crippen LogP contribution in [0.3, 0.4) is 0 Å². The van der Waals surface area contributed by atoms with Gasteiger partial charge in [0.25, 0.3) is 10.0 Å². The third-order valence-corrected chi connectivity index (χ3v) is 2.81. The van der Waals surface area contributed by atoms with Crippen molar-refractivity contribution in [3.8, 4) is 0 Å². The zero-order valence-corrected chi connectivity index (χ0v) is 7.59. The number of sulfonamides is 1. The van der Waals surface area contributed by atoms with E-state index < -0.39 is 10.0 Å². The van der Waals surface area contributed by atoms with Crippen molar-refractivity contribution in [2.24, 2.45) is 0 Å². The van der Waals surface area contributed by atoms with E-state index in [9.17, 15) is 8.42 Å². The Balaban J connectivity index is 3.30. The average molecular weight is 187 g/mol. The third kappa shape index (κ3) is 1.59. The summed E-state index contributed by atoms with van der Waals surface area (Å²) in [7, 11) is -2.12. The van der Waals surface area contributed by atoms with Gasteiger partial charge in [-0.2, -0.15) is 0 Å². The van der Waals surface area contributed by atoms with Crippen LogP contribution in [0.25, 0.3) is 0 Å². The summed E-state index contributed by atoms with van der Waals surface area (Å²) in [4.78, 5) is 7.52. The minimum Gasteiger partial charge on any atom is -0.257 e. The minimum atomic E-state index is -3.45. The Kier molecular flexibility index (Phi) is 2.39. The van der Waals surface area contributed by atoms with Gasteiger partial charge in [0.2, 0.25) is 0 Å². The fourth-order valence-corrected chi connectivity index (χ4v) is 1.59. The van der Waals surface area contributed by atoms with Gasteiger partial charge in [0.05, 0.1) is 5.69 Å². The lowest BCUT2D eigenvalue weighted by Gasteiger charge is -2.02. The molecule has 0 atom stereocenters. The maximum Gasteiger partial charge on any atom is 0.259 e. The third-order valence-electron chi connectivity index (χ3n) is 1.36. The number of aromatic nitrogens is 2. The second-order valence-electron chi connectivity index (χ2n) is 2.15. The Hall–Kier alpha value is -1.01. The van der Waals surface area contributed by atoms with Gasteiger partial charge in [-0.05, 0) is 14.0 Å². The summed E-state index contributed by atoms with van der Waals surface area (Å²) in [5.74, 6) is 0. The molecule has 0 saturated heterocycles. The molecule has 0 aliphatic rings. The molecule has 0 unspecified atom stereocenters. The van der Waals surface area contributed by atoms with Crippen LogP contribution in [-0.2, 0) is 10.0 Å². The molecule has 0 amide bonds. The predicted molar refractivity (Wildman–Crippen MR) is 43.0 cm³/mol. The number of nitrogens with zero attached hydrogens (tertiary/aromatic N) is 2. The molecule has 66 valence electrons. The number of hydrogen-bond donors (Lipinski definition) is 1. The number of nitrogens with one attached hydrogen (secondary N) is 1. The lowest BCUT2D eigenvalue weighted by molar-refractivity contribution is 0.582. The van der Waals surface area contributed by atoms with Crippen LogP contribution in [0, 0.1) is 6.92 Å². The molecule has 0 saturated carbocycles. The molecule has 5 nitrogen and oxygen atoms in total. The first-order valence-electron chi connectivity index (χ1n) is 3.29. The molecule has 0 aliphatic carbocycles. The van der Waals surface area contributed by atoms with E-state index in [0.29, 0.717) is 5.69 Å². The Labute approximate surface area is 70.9 Å². The molecule has 0 aliphatic heterocycles. The van der Waals surface area contributed by atoms with Gasteiger partial charge in [-0.25, -0.2) is 18.1 Å². The van der Waals surface area contributed by atoms with Crippen LogP contribution >= 0.6 is 0 Å². The second-order valence-corrected chi connectivity index (χ2v) is 3.96. The van der Waals surface area contributed by atoms with Crippen LogP contribution in [0.2, 0.25) is 0 Å². The summed E-state index contributed by atoms with van der Waals surface area (Å²) in [5, 5.41) is -0.0208. The van der Waals surface area contributed by atoms with Crippen molar-refractivity contribution in [3.63, 3.8) is 0 Å². The van der Waals surface area contributed by atoms with Gasteiger partial charge in [0.1, 0.15) is 0 Å². The Morgan fingerprint density at radius 3 is 2.42 bits per heavy atom. The average Bonchev–Trinajstić information content (AvgIpc) is 2.05. The van der Waals surface area contributed by atoms with Crippen molar-refractivity contribution < 1.29 is 8.42 Å². The fraction of sp³-hybridized carbons (Fsp3) is 0.333. The molecule has 12 heavy (non-hydrogen) atoms. The van der Waals surface area contributed by atoms with E-state index >= 15 is 0 Å². The second kappa shape index (κ2) is 3.16. The van der Waals surface area contributed by atoms with Crippen molar-refractivity contribution in [2.45, 2.75) is 11.9 Å². The van der Waals surface area contributed by atoms with Crippen LogP contribution in [-0.4, -0.2) is 25.4 Å². The zero-order valence-electron chi connectivity index (χ0n) is 6.77. The monoisotopic (exact) mass is 187 g/mol. The first-order valence-corrected chi connectivity index (χ1v) is 4.77. The summed E-state index contributed by atoms with van der Waals surface area (Å²) in [6, 6.07) is 0. The van der Waals surface area contributed by atoms with Gasteiger partial charge in [0.15, 0.2) is 5.03 Å². The normalized spacial score (nSPS) is 11.5. The molecular formula is C6H9N3O2S. The SMILES string of the molecule is CNS(=O)(=O)c1nccnc1C. The Morgan fingerprint density at radius 2 is 1.92 bits per heavy atom.